The number of aliphatic hydroxyl groups excluding tert-OH is 1. The predicted molar refractivity (Wildman–Crippen MR) is 101 cm³/mol. The standard InChI is InChI=1S/C18H24INO5/c1-17(2,3)25-16(23)20-11-18(19,12-21)9-14(20)15(22)24-10-13-7-5-4-6-8-13/h4-8,14,21H,9-12H2,1-3H3/t14-,18+/m0/s1. The molecule has 1 saturated heterocycles. The Kier molecular flexibility index (Phi) is 6.31. The van der Waals surface area contributed by atoms with Crippen molar-refractivity contribution < 1.29 is 24.2 Å². The SMILES string of the molecule is CC(C)(C)OC(=O)N1C[C@@](I)(CO)C[C@H]1C(=O)OCc1ccccc1. The zero-order valence-corrected chi connectivity index (χ0v) is 16.9. The molecule has 2 atom stereocenters. The summed E-state index contributed by atoms with van der Waals surface area (Å²) in [4.78, 5) is 26.4. The van der Waals surface area contributed by atoms with Crippen molar-refractivity contribution in [2.75, 3.05) is 13.2 Å². The van der Waals surface area contributed by atoms with Crippen LogP contribution in [-0.4, -0.2) is 50.3 Å². The molecular formula is C18H24INO5. The van der Waals surface area contributed by atoms with Crippen LogP contribution in [0.15, 0.2) is 30.3 Å². The van der Waals surface area contributed by atoms with E-state index in [2.05, 4.69) is 22.6 Å². The average Bonchev–Trinajstić information content (AvgIpc) is 2.91. The van der Waals surface area contributed by atoms with Crippen LogP contribution in [0, 0.1) is 0 Å². The molecule has 25 heavy (non-hydrogen) atoms. The number of esters is 1. The number of rotatable bonds is 4. The second-order valence-electron chi connectivity index (χ2n) is 7.23. The minimum absolute atomic E-state index is 0.130. The van der Waals surface area contributed by atoms with Gasteiger partial charge < -0.3 is 14.6 Å². The molecule has 0 saturated carbocycles. The van der Waals surface area contributed by atoms with Crippen LogP contribution in [0.4, 0.5) is 4.79 Å². The van der Waals surface area contributed by atoms with E-state index in [9.17, 15) is 14.7 Å². The molecule has 1 heterocycles. The molecule has 6 nitrogen and oxygen atoms in total. The number of hydrogen-bond donors (Lipinski definition) is 1. The Morgan fingerprint density at radius 2 is 1.96 bits per heavy atom. The van der Waals surface area contributed by atoms with Crippen LogP contribution in [0.3, 0.4) is 0 Å². The highest BCUT2D eigenvalue weighted by Crippen LogP contribution is 2.36. The second kappa shape index (κ2) is 7.90. The quantitative estimate of drug-likeness (QED) is 0.424. The monoisotopic (exact) mass is 461 g/mol. The van der Waals surface area contributed by atoms with Crippen LogP contribution in [0.5, 0.6) is 0 Å². The van der Waals surface area contributed by atoms with Gasteiger partial charge in [0.2, 0.25) is 0 Å². The summed E-state index contributed by atoms with van der Waals surface area (Å²) in [6.45, 7) is 5.57. The number of halogens is 1. The lowest BCUT2D eigenvalue weighted by atomic mass is 10.1. The molecule has 1 aliphatic heterocycles. The summed E-state index contributed by atoms with van der Waals surface area (Å²) in [5, 5.41) is 9.63. The van der Waals surface area contributed by atoms with E-state index < -0.39 is 27.1 Å². The topological polar surface area (TPSA) is 76.1 Å². The molecule has 1 aromatic rings. The number of amides is 1. The van der Waals surface area contributed by atoms with Gasteiger partial charge >= 0.3 is 12.1 Å². The molecule has 0 unspecified atom stereocenters. The smallest absolute Gasteiger partial charge is 0.411 e. The van der Waals surface area contributed by atoms with Crippen molar-refractivity contribution in [2.24, 2.45) is 0 Å². The van der Waals surface area contributed by atoms with Crippen LogP contribution in [0.2, 0.25) is 0 Å². The van der Waals surface area contributed by atoms with E-state index in [1.807, 2.05) is 30.3 Å². The lowest BCUT2D eigenvalue weighted by Gasteiger charge is -2.27. The van der Waals surface area contributed by atoms with Crippen molar-refractivity contribution >= 4 is 34.7 Å². The Balaban J connectivity index is 2.08. The Morgan fingerprint density at radius 1 is 1.32 bits per heavy atom. The molecule has 0 aromatic heterocycles. The van der Waals surface area contributed by atoms with Crippen LogP contribution in [-0.2, 0) is 20.9 Å². The summed E-state index contributed by atoms with van der Waals surface area (Å²) in [5.41, 5.74) is 0.214. The first-order chi connectivity index (χ1) is 11.6. The van der Waals surface area contributed by atoms with E-state index >= 15 is 0 Å². The Hall–Kier alpha value is -1.35. The highest BCUT2D eigenvalue weighted by Gasteiger charge is 2.49. The largest absolute Gasteiger partial charge is 0.459 e. The zero-order valence-electron chi connectivity index (χ0n) is 14.7. The molecule has 0 bridgehead atoms. The zero-order chi connectivity index (χ0) is 18.7. The van der Waals surface area contributed by atoms with E-state index in [4.69, 9.17) is 9.47 Å². The van der Waals surface area contributed by atoms with Crippen LogP contribution < -0.4 is 0 Å². The van der Waals surface area contributed by atoms with E-state index in [1.165, 1.54) is 4.90 Å². The van der Waals surface area contributed by atoms with Crippen molar-refractivity contribution in [3.8, 4) is 0 Å². The van der Waals surface area contributed by atoms with Gasteiger partial charge in [-0.25, -0.2) is 9.59 Å². The first-order valence-electron chi connectivity index (χ1n) is 8.13. The van der Waals surface area contributed by atoms with Crippen LogP contribution in [0.1, 0.15) is 32.8 Å². The lowest BCUT2D eigenvalue weighted by Crippen LogP contribution is -2.44. The van der Waals surface area contributed by atoms with Gasteiger partial charge in [0.15, 0.2) is 0 Å². The predicted octanol–water partition coefficient (Wildman–Crippen LogP) is 2.91. The summed E-state index contributed by atoms with van der Waals surface area (Å²) in [7, 11) is 0. The van der Waals surface area contributed by atoms with Crippen molar-refractivity contribution in [2.45, 2.75) is 48.9 Å². The number of likely N-dealkylation sites (tertiary alicyclic amines) is 1. The fourth-order valence-corrected chi connectivity index (χ4v) is 3.38. The van der Waals surface area contributed by atoms with Gasteiger partial charge in [0, 0.05) is 6.54 Å². The molecule has 7 heteroatoms. The third-order valence-corrected chi connectivity index (χ3v) is 4.92. The van der Waals surface area contributed by atoms with Gasteiger partial charge in [-0.15, -0.1) is 0 Å². The third-order valence-electron chi connectivity index (χ3n) is 3.80. The molecule has 1 amide bonds. The number of ether oxygens (including phenoxy) is 2. The van der Waals surface area contributed by atoms with Gasteiger partial charge in [-0.3, -0.25) is 4.90 Å². The fourth-order valence-electron chi connectivity index (χ4n) is 2.60. The van der Waals surface area contributed by atoms with Crippen molar-refractivity contribution in [1.82, 2.24) is 4.90 Å². The number of alkyl halides is 1. The molecule has 0 aliphatic carbocycles. The highest BCUT2D eigenvalue weighted by atomic mass is 127. The molecule has 0 radical (unpaired) electrons. The summed E-state index contributed by atoms with van der Waals surface area (Å²) in [5.74, 6) is -0.485. The number of carbonyl (C=O) groups excluding carboxylic acids is 2. The number of carbonyl (C=O) groups is 2. The van der Waals surface area contributed by atoms with Crippen molar-refractivity contribution in [3.63, 3.8) is 0 Å². The second-order valence-corrected chi connectivity index (χ2v) is 9.52. The average molecular weight is 461 g/mol. The van der Waals surface area contributed by atoms with Crippen molar-refractivity contribution in [3.05, 3.63) is 35.9 Å². The van der Waals surface area contributed by atoms with Gasteiger partial charge in [-0.2, -0.15) is 0 Å². The van der Waals surface area contributed by atoms with Crippen LogP contribution >= 0.6 is 22.6 Å². The van der Waals surface area contributed by atoms with Gasteiger partial charge in [0.1, 0.15) is 18.2 Å². The van der Waals surface area contributed by atoms with Gasteiger partial charge in [-0.05, 0) is 32.8 Å². The summed E-state index contributed by atoms with van der Waals surface area (Å²) >= 11 is 2.10. The minimum atomic E-state index is -0.761. The maximum Gasteiger partial charge on any atom is 0.411 e. The number of benzene rings is 1. The third kappa shape index (κ3) is 5.57. The Labute approximate surface area is 161 Å². The number of nitrogens with zero attached hydrogens (tertiary/aromatic N) is 1. The summed E-state index contributed by atoms with van der Waals surface area (Å²) in [6.07, 6.45) is -0.238. The number of aliphatic hydroxyl groups is 1. The first kappa shape index (κ1) is 20.0. The van der Waals surface area contributed by atoms with Gasteiger partial charge in [-0.1, -0.05) is 52.9 Å². The molecule has 138 valence electrons. The Bertz CT molecular complexity index is 616. The maximum atomic E-state index is 12.5. The maximum absolute atomic E-state index is 12.5. The van der Waals surface area contributed by atoms with Crippen LogP contribution in [0.25, 0.3) is 0 Å². The molecular weight excluding hydrogens is 437 g/mol. The first-order valence-corrected chi connectivity index (χ1v) is 9.21. The van der Waals surface area contributed by atoms with E-state index in [1.54, 1.807) is 20.8 Å². The molecule has 2 rings (SSSR count). The normalized spacial score (nSPS) is 23.4. The van der Waals surface area contributed by atoms with Gasteiger partial charge in [0.05, 0.1) is 10.0 Å². The minimum Gasteiger partial charge on any atom is -0.459 e. The summed E-state index contributed by atoms with van der Waals surface area (Å²) < 4.78 is 10.2. The van der Waals surface area contributed by atoms with E-state index in [0.29, 0.717) is 6.42 Å². The van der Waals surface area contributed by atoms with E-state index in [0.717, 1.165) is 5.56 Å². The molecule has 1 aromatic carbocycles. The van der Waals surface area contributed by atoms with Gasteiger partial charge in [0.25, 0.3) is 0 Å². The molecule has 0 spiro atoms. The Morgan fingerprint density at radius 3 is 2.52 bits per heavy atom. The molecule has 1 N–H and O–H groups in total. The fraction of sp³-hybridized carbons (Fsp3) is 0.556. The molecule has 1 fully saturated rings. The highest BCUT2D eigenvalue weighted by molar-refractivity contribution is 14.1. The summed E-state index contributed by atoms with van der Waals surface area (Å²) in [6, 6.07) is 8.59. The molecule has 1 aliphatic rings. The number of hydrogen-bond acceptors (Lipinski definition) is 5. The van der Waals surface area contributed by atoms with E-state index in [-0.39, 0.29) is 19.8 Å². The van der Waals surface area contributed by atoms with Crippen molar-refractivity contribution in [1.29, 1.82) is 0 Å². The lowest BCUT2D eigenvalue weighted by molar-refractivity contribution is -0.150.